The fraction of sp³-hybridized carbons (Fsp3) is 0. The maximum Gasteiger partial charge on any atom is 0.162 e. The zero-order chi connectivity index (χ0) is 40.0. The number of rotatable bonds is 5. The molecule has 0 bridgehead atoms. The molecule has 0 amide bonds. The Hall–Kier alpha value is -7.93. The molecule has 0 fully saturated rings. The molecular formula is C55H33N5S. The smallest absolute Gasteiger partial charge is 0.162 e. The fourth-order valence-corrected chi connectivity index (χ4v) is 10.7. The maximum absolute atomic E-state index is 5.54. The zero-order valence-electron chi connectivity index (χ0n) is 32.7. The van der Waals surface area contributed by atoms with Crippen molar-refractivity contribution in [2.75, 3.05) is 0 Å². The van der Waals surface area contributed by atoms with Crippen LogP contribution in [0.3, 0.4) is 0 Å². The molecular weight excluding hydrogens is 763 g/mol. The van der Waals surface area contributed by atoms with Gasteiger partial charge in [0.2, 0.25) is 0 Å². The number of hydrogen-bond donors (Lipinski definition) is 0. The first-order valence-electron chi connectivity index (χ1n) is 20.5. The van der Waals surface area contributed by atoms with Crippen molar-refractivity contribution < 1.29 is 0 Å². The lowest BCUT2D eigenvalue weighted by molar-refractivity contribution is 1.08. The van der Waals surface area contributed by atoms with E-state index in [0.29, 0.717) is 5.82 Å². The van der Waals surface area contributed by atoms with Crippen molar-refractivity contribution in [3.8, 4) is 44.5 Å². The van der Waals surface area contributed by atoms with Crippen molar-refractivity contribution in [2.45, 2.75) is 0 Å². The van der Waals surface area contributed by atoms with E-state index in [9.17, 15) is 0 Å². The van der Waals surface area contributed by atoms with Crippen LogP contribution in [0.4, 0.5) is 0 Å². The van der Waals surface area contributed by atoms with Gasteiger partial charge in [-0.25, -0.2) is 9.97 Å². The second-order valence-electron chi connectivity index (χ2n) is 15.6. The topological polar surface area (TPSA) is 48.5 Å². The highest BCUT2D eigenvalue weighted by Gasteiger charge is 2.23. The summed E-state index contributed by atoms with van der Waals surface area (Å²) in [6.45, 7) is 0. The van der Waals surface area contributed by atoms with Gasteiger partial charge in [-0.15, -0.1) is 11.3 Å². The van der Waals surface area contributed by atoms with Gasteiger partial charge >= 0.3 is 0 Å². The third kappa shape index (κ3) is 5.16. The van der Waals surface area contributed by atoms with Crippen molar-refractivity contribution in [3.63, 3.8) is 0 Å². The van der Waals surface area contributed by atoms with Crippen LogP contribution in [-0.2, 0) is 0 Å². The molecule has 0 atom stereocenters. The second-order valence-corrected chi connectivity index (χ2v) is 16.6. The predicted octanol–water partition coefficient (Wildman–Crippen LogP) is 14.6. The SMILES string of the molecule is c1ccc(-c2cc3ccc4nc(-c5ccncc5)nc(-n5c6ccc(-c7cccc8c7c7ccccc7n8-c7ccccc7)cc6c6c7ccccc7ccc65)c4c3s2)cc1. The van der Waals surface area contributed by atoms with Gasteiger partial charge in [0, 0.05) is 54.8 Å². The third-order valence-electron chi connectivity index (χ3n) is 12.2. The Kier molecular flexibility index (Phi) is 7.41. The van der Waals surface area contributed by atoms with E-state index in [2.05, 4.69) is 190 Å². The second kappa shape index (κ2) is 13.3. The molecule has 0 radical (unpaired) electrons. The molecule has 13 aromatic rings. The van der Waals surface area contributed by atoms with Crippen molar-refractivity contribution in [1.29, 1.82) is 0 Å². The summed E-state index contributed by atoms with van der Waals surface area (Å²) >= 11 is 1.80. The van der Waals surface area contributed by atoms with Crippen LogP contribution in [0.15, 0.2) is 200 Å². The number of aromatic nitrogens is 5. The highest BCUT2D eigenvalue weighted by atomic mass is 32.1. The number of benzene rings is 8. The molecule has 6 heteroatoms. The molecule has 8 aromatic carbocycles. The minimum Gasteiger partial charge on any atom is -0.309 e. The summed E-state index contributed by atoms with van der Waals surface area (Å²) < 4.78 is 5.95. The molecule has 0 saturated carbocycles. The lowest BCUT2D eigenvalue weighted by Crippen LogP contribution is -2.03. The van der Waals surface area contributed by atoms with Gasteiger partial charge in [-0.3, -0.25) is 9.55 Å². The molecule has 61 heavy (non-hydrogen) atoms. The first-order chi connectivity index (χ1) is 30.3. The largest absolute Gasteiger partial charge is 0.309 e. The zero-order valence-corrected chi connectivity index (χ0v) is 33.5. The summed E-state index contributed by atoms with van der Waals surface area (Å²) in [7, 11) is 0. The van der Waals surface area contributed by atoms with Gasteiger partial charge in [-0.1, -0.05) is 121 Å². The van der Waals surface area contributed by atoms with Crippen molar-refractivity contribution in [1.82, 2.24) is 24.1 Å². The number of hydrogen-bond acceptors (Lipinski definition) is 4. The van der Waals surface area contributed by atoms with Crippen LogP contribution in [0.2, 0.25) is 0 Å². The normalized spacial score (nSPS) is 11.9. The highest BCUT2D eigenvalue weighted by Crippen LogP contribution is 2.45. The summed E-state index contributed by atoms with van der Waals surface area (Å²) in [5.41, 5.74) is 11.1. The summed E-state index contributed by atoms with van der Waals surface area (Å²) in [6.07, 6.45) is 3.62. The average Bonchev–Trinajstić information content (AvgIpc) is 4.02. The number of pyridine rings is 1. The van der Waals surface area contributed by atoms with E-state index in [4.69, 9.17) is 9.97 Å². The van der Waals surface area contributed by atoms with Crippen LogP contribution in [0.1, 0.15) is 0 Å². The van der Waals surface area contributed by atoms with Gasteiger partial charge in [0.05, 0.1) is 33.0 Å². The van der Waals surface area contributed by atoms with Crippen LogP contribution >= 0.6 is 11.3 Å². The van der Waals surface area contributed by atoms with Crippen LogP contribution in [0, 0.1) is 0 Å². The van der Waals surface area contributed by atoms with Crippen molar-refractivity contribution in [2.24, 2.45) is 0 Å². The van der Waals surface area contributed by atoms with Crippen LogP contribution in [0.25, 0.3) is 120 Å². The molecule has 0 unspecified atom stereocenters. The van der Waals surface area contributed by atoms with E-state index in [1.165, 1.54) is 75.0 Å². The number of thiophene rings is 1. The van der Waals surface area contributed by atoms with E-state index in [0.717, 1.165) is 39.0 Å². The highest BCUT2D eigenvalue weighted by molar-refractivity contribution is 7.23. The Morgan fingerprint density at radius 3 is 1.98 bits per heavy atom. The van der Waals surface area contributed by atoms with Gasteiger partial charge in [0.25, 0.3) is 0 Å². The quantitative estimate of drug-likeness (QED) is 0.174. The standard InChI is InChI=1S/C55H33N5S/c1-3-13-35(14-4-1)49-33-38-22-25-44-52(53(38)61-49)55(58-54(57-44)36-28-30-56-31-29-36)60-46-26-24-37(32-43(46)51-40-17-8-7-12-34(40)23-27-48(51)60)41-19-11-21-47-50(41)42-18-9-10-20-45(42)59(47)39-15-5-2-6-16-39/h1-33H. The van der Waals surface area contributed by atoms with Gasteiger partial charge < -0.3 is 4.57 Å². The van der Waals surface area contributed by atoms with Crippen LogP contribution in [0.5, 0.6) is 0 Å². The lowest BCUT2D eigenvalue weighted by Gasteiger charge is -2.14. The summed E-state index contributed by atoms with van der Waals surface area (Å²) in [4.78, 5) is 16.3. The van der Waals surface area contributed by atoms with E-state index in [-0.39, 0.29) is 0 Å². The third-order valence-corrected chi connectivity index (χ3v) is 13.4. The van der Waals surface area contributed by atoms with Gasteiger partial charge in [0.15, 0.2) is 11.6 Å². The Labute approximate surface area is 354 Å². The molecule has 5 nitrogen and oxygen atoms in total. The fourth-order valence-electron chi connectivity index (χ4n) is 9.54. The van der Waals surface area contributed by atoms with Crippen LogP contribution in [-0.4, -0.2) is 24.1 Å². The lowest BCUT2D eigenvalue weighted by atomic mass is 9.97. The monoisotopic (exact) mass is 795 g/mol. The summed E-state index contributed by atoms with van der Waals surface area (Å²) in [6, 6.07) is 67.7. The maximum atomic E-state index is 5.54. The summed E-state index contributed by atoms with van der Waals surface area (Å²) in [5.74, 6) is 1.53. The van der Waals surface area contributed by atoms with Crippen molar-refractivity contribution >= 4 is 86.7 Å². The molecule has 0 spiro atoms. The molecule has 284 valence electrons. The Balaban J connectivity index is 1.14. The Morgan fingerprint density at radius 1 is 0.410 bits per heavy atom. The molecule has 0 N–H and O–H groups in total. The van der Waals surface area contributed by atoms with Gasteiger partial charge in [-0.2, -0.15) is 0 Å². The molecule has 0 aliphatic rings. The molecule has 0 saturated heterocycles. The van der Waals surface area contributed by atoms with Crippen LogP contribution < -0.4 is 0 Å². The van der Waals surface area contributed by atoms with Gasteiger partial charge in [0.1, 0.15) is 0 Å². The number of para-hydroxylation sites is 2. The average molecular weight is 796 g/mol. The van der Waals surface area contributed by atoms with E-state index in [1.807, 2.05) is 24.5 Å². The van der Waals surface area contributed by atoms with Crippen molar-refractivity contribution in [3.05, 3.63) is 200 Å². The molecule has 0 aliphatic heterocycles. The van der Waals surface area contributed by atoms with E-state index >= 15 is 0 Å². The Morgan fingerprint density at radius 2 is 1.11 bits per heavy atom. The van der Waals surface area contributed by atoms with E-state index < -0.39 is 0 Å². The molecule has 0 aliphatic carbocycles. The Bertz CT molecular complexity index is 3860. The molecule has 5 heterocycles. The first-order valence-corrected chi connectivity index (χ1v) is 21.3. The minimum absolute atomic E-state index is 0.665. The molecule has 13 rings (SSSR count). The van der Waals surface area contributed by atoms with Gasteiger partial charge in [-0.05, 0) is 99.6 Å². The summed E-state index contributed by atoms with van der Waals surface area (Å²) in [5, 5.41) is 9.48. The predicted molar refractivity (Wildman–Crippen MR) is 255 cm³/mol. The first kappa shape index (κ1) is 34.0. The number of nitrogens with zero attached hydrogens (tertiary/aromatic N) is 5. The number of fused-ring (bicyclic) bond motifs is 11. The van der Waals surface area contributed by atoms with E-state index in [1.54, 1.807) is 11.3 Å². The minimum atomic E-state index is 0.665. The molecule has 5 aromatic heterocycles.